The molecule has 1 aromatic heterocycles. The lowest BCUT2D eigenvalue weighted by molar-refractivity contribution is 0.0718. The van der Waals surface area contributed by atoms with Crippen molar-refractivity contribution in [3.05, 3.63) is 41.7 Å². The van der Waals surface area contributed by atoms with Gasteiger partial charge in [-0.2, -0.15) is 0 Å². The summed E-state index contributed by atoms with van der Waals surface area (Å²) < 4.78 is 1.65. The van der Waals surface area contributed by atoms with Crippen LogP contribution < -0.4 is 0 Å². The van der Waals surface area contributed by atoms with Crippen molar-refractivity contribution in [2.24, 2.45) is 0 Å². The van der Waals surface area contributed by atoms with Crippen LogP contribution >= 0.6 is 0 Å². The molecule has 1 aromatic carbocycles. The average Bonchev–Trinajstić information content (AvgIpc) is 2.98. The molecular weight excluding hydrogens is 252 g/mol. The predicted octanol–water partition coefficient (Wildman–Crippen LogP) is 2.20. The largest absolute Gasteiger partial charge is 0.337 e. The van der Waals surface area contributed by atoms with E-state index in [-0.39, 0.29) is 5.91 Å². The number of aryl methyl sites for hydroxylation is 1. The van der Waals surface area contributed by atoms with Gasteiger partial charge in [-0.3, -0.25) is 4.79 Å². The maximum Gasteiger partial charge on any atom is 0.276 e. The zero-order valence-corrected chi connectivity index (χ0v) is 11.6. The van der Waals surface area contributed by atoms with Crippen molar-refractivity contribution in [2.45, 2.75) is 26.2 Å². The Morgan fingerprint density at radius 3 is 2.50 bits per heavy atom. The Bertz CT molecular complexity index is 597. The van der Waals surface area contributed by atoms with Crippen LogP contribution in [-0.2, 0) is 0 Å². The van der Waals surface area contributed by atoms with Gasteiger partial charge in [0.2, 0.25) is 0 Å². The maximum absolute atomic E-state index is 12.3. The highest BCUT2D eigenvalue weighted by Gasteiger charge is 2.20. The second kappa shape index (κ2) is 5.45. The summed E-state index contributed by atoms with van der Waals surface area (Å²) in [5.41, 5.74) is 2.53. The molecular formula is C15H18N4O. The van der Waals surface area contributed by atoms with Gasteiger partial charge < -0.3 is 4.90 Å². The van der Waals surface area contributed by atoms with E-state index >= 15 is 0 Å². The Morgan fingerprint density at radius 2 is 1.80 bits per heavy atom. The van der Waals surface area contributed by atoms with Crippen LogP contribution in [0.3, 0.4) is 0 Å². The molecule has 5 heteroatoms. The van der Waals surface area contributed by atoms with E-state index in [0.717, 1.165) is 31.6 Å². The number of piperidine rings is 1. The second-order valence-electron chi connectivity index (χ2n) is 5.24. The van der Waals surface area contributed by atoms with Gasteiger partial charge in [0.1, 0.15) is 0 Å². The molecule has 0 bridgehead atoms. The number of hydrogen-bond acceptors (Lipinski definition) is 3. The Balaban J connectivity index is 1.79. The third kappa shape index (κ3) is 2.57. The minimum atomic E-state index is -0.0111. The van der Waals surface area contributed by atoms with Crippen LogP contribution in [0.15, 0.2) is 30.5 Å². The third-order valence-corrected chi connectivity index (χ3v) is 3.65. The zero-order chi connectivity index (χ0) is 13.9. The molecule has 0 radical (unpaired) electrons. The number of benzene rings is 1. The standard InChI is InChI=1S/C15H18N4O/c1-12-5-7-13(8-6-12)19-11-14(16-17-19)15(20)18-9-3-2-4-10-18/h5-8,11H,2-4,9-10H2,1H3. The van der Waals surface area contributed by atoms with Crippen molar-refractivity contribution in [1.82, 2.24) is 19.9 Å². The van der Waals surface area contributed by atoms with Crippen molar-refractivity contribution < 1.29 is 4.79 Å². The van der Waals surface area contributed by atoms with E-state index in [1.807, 2.05) is 36.1 Å². The van der Waals surface area contributed by atoms with E-state index in [1.54, 1.807) is 10.9 Å². The Morgan fingerprint density at radius 1 is 1.10 bits per heavy atom. The number of likely N-dealkylation sites (tertiary alicyclic amines) is 1. The molecule has 2 aromatic rings. The van der Waals surface area contributed by atoms with E-state index in [4.69, 9.17) is 0 Å². The number of amides is 1. The van der Waals surface area contributed by atoms with E-state index < -0.39 is 0 Å². The molecule has 0 unspecified atom stereocenters. The van der Waals surface area contributed by atoms with Crippen molar-refractivity contribution in [2.75, 3.05) is 13.1 Å². The Hall–Kier alpha value is -2.17. The lowest BCUT2D eigenvalue weighted by Gasteiger charge is -2.25. The van der Waals surface area contributed by atoms with Crippen molar-refractivity contribution in [1.29, 1.82) is 0 Å². The van der Waals surface area contributed by atoms with Crippen LogP contribution in [0.1, 0.15) is 35.3 Å². The van der Waals surface area contributed by atoms with Gasteiger partial charge in [-0.25, -0.2) is 4.68 Å². The fourth-order valence-electron chi connectivity index (χ4n) is 2.44. The van der Waals surface area contributed by atoms with Crippen LogP contribution in [-0.4, -0.2) is 38.9 Å². The molecule has 1 aliphatic heterocycles. The molecule has 3 rings (SSSR count). The van der Waals surface area contributed by atoms with Gasteiger partial charge in [0.15, 0.2) is 5.69 Å². The highest BCUT2D eigenvalue weighted by atomic mass is 16.2. The van der Waals surface area contributed by atoms with E-state index in [9.17, 15) is 4.79 Å². The first-order valence-corrected chi connectivity index (χ1v) is 7.03. The van der Waals surface area contributed by atoms with E-state index in [0.29, 0.717) is 5.69 Å². The summed E-state index contributed by atoms with van der Waals surface area (Å²) in [6, 6.07) is 7.98. The van der Waals surface area contributed by atoms with Crippen molar-refractivity contribution >= 4 is 5.91 Å². The molecule has 1 saturated heterocycles. The quantitative estimate of drug-likeness (QED) is 0.840. The van der Waals surface area contributed by atoms with Crippen molar-refractivity contribution in [3.8, 4) is 5.69 Å². The molecule has 0 atom stereocenters. The number of aromatic nitrogens is 3. The molecule has 0 spiro atoms. The van der Waals surface area contributed by atoms with Gasteiger partial charge in [0.25, 0.3) is 5.91 Å². The summed E-state index contributed by atoms with van der Waals surface area (Å²) in [5, 5.41) is 8.06. The SMILES string of the molecule is Cc1ccc(-n2cc(C(=O)N3CCCCC3)nn2)cc1. The first-order chi connectivity index (χ1) is 9.74. The first kappa shape index (κ1) is 12.8. The molecule has 20 heavy (non-hydrogen) atoms. The Labute approximate surface area is 118 Å². The minimum absolute atomic E-state index is 0.0111. The zero-order valence-electron chi connectivity index (χ0n) is 11.6. The van der Waals surface area contributed by atoms with Crippen LogP contribution in [0.5, 0.6) is 0 Å². The minimum Gasteiger partial charge on any atom is -0.337 e. The van der Waals surface area contributed by atoms with Crippen LogP contribution in [0.25, 0.3) is 5.69 Å². The molecule has 0 N–H and O–H groups in total. The third-order valence-electron chi connectivity index (χ3n) is 3.65. The summed E-state index contributed by atoms with van der Waals surface area (Å²) in [4.78, 5) is 14.2. The fraction of sp³-hybridized carbons (Fsp3) is 0.400. The first-order valence-electron chi connectivity index (χ1n) is 7.03. The van der Waals surface area contributed by atoms with Crippen molar-refractivity contribution in [3.63, 3.8) is 0 Å². The van der Waals surface area contributed by atoms with Crippen LogP contribution in [0.2, 0.25) is 0 Å². The molecule has 1 aliphatic rings. The highest BCUT2D eigenvalue weighted by molar-refractivity contribution is 5.92. The maximum atomic E-state index is 12.3. The van der Waals surface area contributed by atoms with Crippen LogP contribution in [0, 0.1) is 6.92 Å². The number of hydrogen-bond donors (Lipinski definition) is 0. The smallest absolute Gasteiger partial charge is 0.276 e. The molecule has 0 aliphatic carbocycles. The van der Waals surface area contributed by atoms with E-state index in [2.05, 4.69) is 10.3 Å². The summed E-state index contributed by atoms with van der Waals surface area (Å²) in [5.74, 6) is -0.0111. The van der Waals surface area contributed by atoms with E-state index in [1.165, 1.54) is 12.0 Å². The van der Waals surface area contributed by atoms with Gasteiger partial charge in [-0.05, 0) is 38.3 Å². The number of carbonyl (C=O) groups excluding carboxylic acids is 1. The molecule has 0 saturated carbocycles. The lowest BCUT2D eigenvalue weighted by atomic mass is 10.1. The molecule has 5 nitrogen and oxygen atoms in total. The monoisotopic (exact) mass is 270 g/mol. The van der Waals surface area contributed by atoms with Crippen LogP contribution in [0.4, 0.5) is 0 Å². The van der Waals surface area contributed by atoms with Gasteiger partial charge in [-0.15, -0.1) is 5.10 Å². The summed E-state index contributed by atoms with van der Waals surface area (Å²) >= 11 is 0. The predicted molar refractivity (Wildman–Crippen MR) is 75.9 cm³/mol. The lowest BCUT2D eigenvalue weighted by Crippen LogP contribution is -2.35. The normalized spacial score (nSPS) is 15.3. The summed E-state index contributed by atoms with van der Waals surface area (Å²) in [7, 11) is 0. The second-order valence-corrected chi connectivity index (χ2v) is 5.24. The summed E-state index contributed by atoms with van der Waals surface area (Å²) in [6.45, 7) is 3.70. The number of nitrogens with zero attached hydrogens (tertiary/aromatic N) is 4. The molecule has 1 amide bonds. The van der Waals surface area contributed by atoms with Gasteiger partial charge >= 0.3 is 0 Å². The molecule has 1 fully saturated rings. The number of rotatable bonds is 2. The summed E-state index contributed by atoms with van der Waals surface area (Å²) in [6.07, 6.45) is 5.08. The topological polar surface area (TPSA) is 51.0 Å². The highest BCUT2D eigenvalue weighted by Crippen LogP contribution is 2.13. The molecule has 104 valence electrons. The van der Waals surface area contributed by atoms with Gasteiger partial charge in [0.05, 0.1) is 11.9 Å². The molecule has 2 heterocycles. The Kier molecular flexibility index (Phi) is 3.50. The fourth-order valence-corrected chi connectivity index (χ4v) is 2.44. The average molecular weight is 270 g/mol. The van der Waals surface area contributed by atoms with Gasteiger partial charge in [0, 0.05) is 13.1 Å². The number of carbonyl (C=O) groups is 1. The van der Waals surface area contributed by atoms with Gasteiger partial charge in [-0.1, -0.05) is 22.9 Å².